The normalized spacial score (nSPS) is 14.7. The molecule has 1 aromatic carbocycles. The molecule has 2 N–H and O–H groups in total. The summed E-state index contributed by atoms with van der Waals surface area (Å²) < 4.78 is 35.5. The van der Waals surface area contributed by atoms with Crippen LogP contribution in [0.2, 0.25) is 0 Å². The first-order chi connectivity index (χ1) is 18.9. The van der Waals surface area contributed by atoms with Crippen molar-refractivity contribution < 1.29 is 23.4 Å². The third kappa shape index (κ3) is 4.98. The number of aliphatic hydroxyl groups excluding tert-OH is 1. The Balaban J connectivity index is 1.33. The summed E-state index contributed by atoms with van der Waals surface area (Å²) in [6, 6.07) is 11.0. The van der Waals surface area contributed by atoms with Crippen LogP contribution >= 0.6 is 0 Å². The maximum Gasteiger partial charge on any atom is 0.257 e. The number of nitrogens with one attached hydrogen (secondary N) is 1. The molecule has 0 saturated carbocycles. The molecular weight excluding hydrogens is 506 g/mol. The molecule has 1 fully saturated rings. The van der Waals surface area contributed by atoms with Gasteiger partial charge in [-0.15, -0.1) is 0 Å². The van der Waals surface area contributed by atoms with Crippen LogP contribution in [0.5, 0.6) is 5.75 Å². The molecule has 1 aliphatic rings. The molecule has 0 atom stereocenters. The van der Waals surface area contributed by atoms with Gasteiger partial charge < -0.3 is 20.1 Å². The number of fused-ring (bicyclic) bond motifs is 1. The highest BCUT2D eigenvalue weighted by Gasteiger charge is 2.37. The maximum absolute atomic E-state index is 14.1. The fraction of sp³-hybridized carbons (Fsp3) is 0.286. The average molecular weight is 533 g/mol. The molecule has 0 bridgehead atoms. The molecule has 1 amide bonds. The minimum absolute atomic E-state index is 0.354. The zero-order valence-electron chi connectivity index (χ0n) is 21.2. The van der Waals surface area contributed by atoms with Crippen LogP contribution in [-0.2, 0) is 0 Å². The van der Waals surface area contributed by atoms with Crippen LogP contribution in [-0.4, -0.2) is 57.5 Å². The SMILES string of the molecule is CCOc1cc(-c2ccc(N3CCC(CO)(NC(=O)c4c(F)cccc4F)CC3)nc2)c2c(C#N)cnn2c1. The van der Waals surface area contributed by atoms with Gasteiger partial charge in [0.15, 0.2) is 0 Å². The van der Waals surface area contributed by atoms with Crippen LogP contribution < -0.4 is 15.0 Å². The number of hydrogen-bond acceptors (Lipinski definition) is 7. The van der Waals surface area contributed by atoms with Gasteiger partial charge in [0.1, 0.15) is 34.8 Å². The molecule has 200 valence electrons. The van der Waals surface area contributed by atoms with Gasteiger partial charge in [-0.3, -0.25) is 4.79 Å². The Hall–Kier alpha value is -4.56. The largest absolute Gasteiger partial charge is 0.492 e. The Labute approximate surface area is 223 Å². The molecule has 4 aromatic rings. The van der Waals surface area contributed by atoms with Gasteiger partial charge >= 0.3 is 0 Å². The van der Waals surface area contributed by atoms with E-state index < -0.39 is 28.6 Å². The van der Waals surface area contributed by atoms with Crippen molar-refractivity contribution in [3.8, 4) is 22.9 Å². The summed E-state index contributed by atoms with van der Waals surface area (Å²) in [5.74, 6) is -1.49. The van der Waals surface area contributed by atoms with Crippen LogP contribution in [0.1, 0.15) is 35.7 Å². The Morgan fingerprint density at radius 3 is 2.56 bits per heavy atom. The molecule has 9 nitrogen and oxygen atoms in total. The second kappa shape index (κ2) is 10.7. The minimum Gasteiger partial charge on any atom is -0.492 e. The van der Waals surface area contributed by atoms with Gasteiger partial charge in [-0.2, -0.15) is 10.4 Å². The number of aromatic nitrogens is 3. The number of rotatable bonds is 7. The van der Waals surface area contributed by atoms with E-state index in [1.807, 2.05) is 30.0 Å². The van der Waals surface area contributed by atoms with Crippen LogP contribution in [0.3, 0.4) is 0 Å². The predicted octanol–water partition coefficient (Wildman–Crippen LogP) is 3.71. The highest BCUT2D eigenvalue weighted by molar-refractivity contribution is 5.95. The smallest absolute Gasteiger partial charge is 0.257 e. The van der Waals surface area contributed by atoms with Crippen molar-refractivity contribution in [1.29, 1.82) is 5.26 Å². The molecule has 0 spiro atoms. The fourth-order valence-electron chi connectivity index (χ4n) is 4.88. The summed E-state index contributed by atoms with van der Waals surface area (Å²) >= 11 is 0. The zero-order valence-corrected chi connectivity index (χ0v) is 21.2. The summed E-state index contributed by atoms with van der Waals surface area (Å²) in [5.41, 5.74) is 0.959. The Kier molecular flexibility index (Phi) is 7.13. The number of pyridine rings is 2. The molecule has 1 aliphatic heterocycles. The van der Waals surface area contributed by atoms with Crippen molar-refractivity contribution in [2.45, 2.75) is 25.3 Å². The lowest BCUT2D eigenvalue weighted by atomic mass is 9.87. The summed E-state index contributed by atoms with van der Waals surface area (Å²) in [4.78, 5) is 19.3. The number of carbonyl (C=O) groups excluding carboxylic acids is 1. The van der Waals surface area contributed by atoms with Gasteiger partial charge in [0.25, 0.3) is 5.91 Å². The first-order valence-corrected chi connectivity index (χ1v) is 12.5. The van der Waals surface area contributed by atoms with Crippen molar-refractivity contribution in [3.63, 3.8) is 0 Å². The quantitative estimate of drug-likeness (QED) is 0.373. The summed E-state index contributed by atoms with van der Waals surface area (Å²) in [6.07, 6.45) is 5.66. The Morgan fingerprint density at radius 1 is 1.21 bits per heavy atom. The highest BCUT2D eigenvalue weighted by atomic mass is 19.1. The average Bonchev–Trinajstić information content (AvgIpc) is 3.36. The van der Waals surface area contributed by atoms with Crippen molar-refractivity contribution in [2.75, 3.05) is 31.2 Å². The third-order valence-corrected chi connectivity index (χ3v) is 6.99. The van der Waals surface area contributed by atoms with E-state index in [0.717, 1.165) is 23.3 Å². The molecule has 5 rings (SSSR count). The first kappa shape index (κ1) is 26.1. The number of nitriles is 1. The fourth-order valence-corrected chi connectivity index (χ4v) is 4.88. The van der Waals surface area contributed by atoms with Crippen molar-refractivity contribution >= 4 is 17.2 Å². The highest BCUT2D eigenvalue weighted by Crippen LogP contribution is 2.32. The number of piperidine rings is 1. The number of nitrogens with zero attached hydrogens (tertiary/aromatic N) is 5. The Morgan fingerprint density at radius 2 is 1.95 bits per heavy atom. The monoisotopic (exact) mass is 532 g/mol. The van der Waals surface area contributed by atoms with Gasteiger partial charge in [0.2, 0.25) is 0 Å². The van der Waals surface area contributed by atoms with E-state index in [2.05, 4.69) is 21.5 Å². The number of halogens is 2. The number of ether oxygens (including phenoxy) is 1. The summed E-state index contributed by atoms with van der Waals surface area (Å²) in [7, 11) is 0. The second-order valence-electron chi connectivity index (χ2n) is 9.37. The minimum atomic E-state index is -1.01. The number of benzene rings is 1. The van der Waals surface area contributed by atoms with Gasteiger partial charge in [0, 0.05) is 30.4 Å². The van der Waals surface area contributed by atoms with Crippen molar-refractivity contribution in [1.82, 2.24) is 19.9 Å². The summed E-state index contributed by atoms with van der Waals surface area (Å²) in [6.45, 7) is 2.91. The van der Waals surface area contributed by atoms with Crippen LogP contribution in [0.4, 0.5) is 14.6 Å². The third-order valence-electron chi connectivity index (χ3n) is 6.99. The molecular formula is C28H26F2N6O3. The maximum atomic E-state index is 14.1. The number of carbonyl (C=O) groups is 1. The summed E-state index contributed by atoms with van der Waals surface area (Å²) in [5, 5.41) is 26.6. The van der Waals surface area contributed by atoms with E-state index in [1.165, 1.54) is 12.3 Å². The molecule has 11 heteroatoms. The van der Waals surface area contributed by atoms with Crippen LogP contribution in [0.25, 0.3) is 16.6 Å². The van der Waals surface area contributed by atoms with Crippen LogP contribution in [0, 0.1) is 23.0 Å². The molecule has 0 unspecified atom stereocenters. The van der Waals surface area contributed by atoms with Crippen molar-refractivity contribution in [3.05, 3.63) is 77.8 Å². The molecule has 3 aromatic heterocycles. The predicted molar refractivity (Wildman–Crippen MR) is 139 cm³/mol. The van der Waals surface area contributed by atoms with Gasteiger partial charge in [-0.25, -0.2) is 18.3 Å². The number of amides is 1. The lowest BCUT2D eigenvalue weighted by molar-refractivity contribution is 0.0779. The molecule has 4 heterocycles. The van der Waals surface area contributed by atoms with E-state index in [9.17, 15) is 23.9 Å². The molecule has 39 heavy (non-hydrogen) atoms. The second-order valence-corrected chi connectivity index (χ2v) is 9.37. The van der Waals surface area contributed by atoms with Gasteiger partial charge in [-0.1, -0.05) is 6.07 Å². The zero-order chi connectivity index (χ0) is 27.6. The molecule has 0 aliphatic carbocycles. The number of aliphatic hydroxyl groups is 1. The number of hydrogen-bond donors (Lipinski definition) is 2. The molecule has 0 radical (unpaired) electrons. The van der Waals surface area contributed by atoms with Crippen LogP contribution in [0.15, 0.2) is 55.0 Å². The lowest BCUT2D eigenvalue weighted by Gasteiger charge is -2.41. The van der Waals surface area contributed by atoms with E-state index in [4.69, 9.17) is 4.74 Å². The topological polar surface area (TPSA) is 116 Å². The van der Waals surface area contributed by atoms with E-state index in [-0.39, 0.29) is 6.61 Å². The number of anilines is 1. The van der Waals surface area contributed by atoms with Gasteiger partial charge in [-0.05, 0) is 50.1 Å². The van der Waals surface area contributed by atoms with E-state index >= 15 is 0 Å². The lowest BCUT2D eigenvalue weighted by Crippen LogP contribution is -2.58. The standard InChI is InChI=1S/C28H26F2N6O3/c1-2-39-20-12-21(26-19(13-31)15-33-36(26)16-20)18-6-7-24(32-14-18)35-10-8-28(17-37,9-11-35)34-27(38)25-22(29)4-3-5-23(25)30/h3-7,12,14-16,37H,2,8-11,17H2,1H3,(H,34,38). The van der Waals surface area contributed by atoms with Gasteiger partial charge in [0.05, 0.1) is 42.2 Å². The van der Waals surface area contributed by atoms with E-state index in [1.54, 1.807) is 16.9 Å². The van der Waals surface area contributed by atoms with E-state index in [0.29, 0.717) is 55.2 Å². The van der Waals surface area contributed by atoms with Crippen molar-refractivity contribution in [2.24, 2.45) is 0 Å². The first-order valence-electron chi connectivity index (χ1n) is 12.5. The Bertz CT molecular complexity index is 1540. The molecule has 1 saturated heterocycles.